The van der Waals surface area contributed by atoms with Crippen LogP contribution < -0.4 is 5.32 Å². The van der Waals surface area contributed by atoms with Crippen LogP contribution in [0.4, 0.5) is 0 Å². The average molecular weight is 239 g/mol. The Labute approximate surface area is 101 Å². The fraction of sp³-hybridized carbons (Fsp3) is 0.417. The van der Waals surface area contributed by atoms with E-state index in [1.165, 1.54) is 0 Å². The van der Waals surface area contributed by atoms with Gasteiger partial charge in [-0.25, -0.2) is 0 Å². The smallest absolute Gasteiger partial charge is 0.323 e. The van der Waals surface area contributed by atoms with Gasteiger partial charge in [0.05, 0.1) is 6.61 Å². The summed E-state index contributed by atoms with van der Waals surface area (Å²) < 4.78 is 4.97. The molecule has 1 aromatic rings. The molecule has 1 rings (SSSR count). The molecule has 0 saturated heterocycles. The Morgan fingerprint density at radius 2 is 2.12 bits per heavy atom. The van der Waals surface area contributed by atoms with Gasteiger partial charge in [-0.2, -0.15) is 0 Å². The van der Waals surface area contributed by atoms with E-state index in [0.717, 1.165) is 4.90 Å². The Morgan fingerprint density at radius 1 is 1.44 bits per heavy atom. The third kappa shape index (κ3) is 4.24. The molecule has 0 heterocycles. The molecule has 1 unspecified atom stereocenters. The zero-order valence-electron chi connectivity index (χ0n) is 9.60. The van der Waals surface area contributed by atoms with Crippen molar-refractivity contribution in [3.8, 4) is 0 Å². The lowest BCUT2D eigenvalue weighted by Gasteiger charge is -2.13. The third-order valence-electron chi connectivity index (χ3n) is 2.08. The van der Waals surface area contributed by atoms with Crippen LogP contribution in [0, 0.1) is 0 Å². The predicted octanol–water partition coefficient (Wildman–Crippen LogP) is 1.93. The summed E-state index contributed by atoms with van der Waals surface area (Å²) in [5.41, 5.74) is 0. The van der Waals surface area contributed by atoms with E-state index in [1.54, 1.807) is 18.8 Å². The Hall–Kier alpha value is -1.00. The number of carbonyl (C=O) groups is 1. The van der Waals surface area contributed by atoms with E-state index in [9.17, 15) is 4.79 Å². The number of rotatable bonds is 6. The van der Waals surface area contributed by atoms with Gasteiger partial charge in [0.2, 0.25) is 0 Å². The van der Waals surface area contributed by atoms with Crippen LogP contribution in [0.2, 0.25) is 0 Å². The minimum Gasteiger partial charge on any atom is -0.465 e. The summed E-state index contributed by atoms with van der Waals surface area (Å²) >= 11 is 1.64. The molecule has 0 fully saturated rings. The van der Waals surface area contributed by atoms with Gasteiger partial charge >= 0.3 is 5.97 Å². The van der Waals surface area contributed by atoms with E-state index in [0.29, 0.717) is 12.4 Å². The number of likely N-dealkylation sites (N-methyl/N-ethyl adjacent to an activating group) is 1. The molecule has 16 heavy (non-hydrogen) atoms. The number of nitrogens with one attached hydrogen (secondary N) is 1. The van der Waals surface area contributed by atoms with Crippen molar-refractivity contribution in [3.05, 3.63) is 30.3 Å². The van der Waals surface area contributed by atoms with Crippen molar-refractivity contribution < 1.29 is 9.53 Å². The van der Waals surface area contributed by atoms with Crippen LogP contribution in [0.1, 0.15) is 6.92 Å². The molecule has 88 valence electrons. The van der Waals surface area contributed by atoms with Crippen LogP contribution in [-0.2, 0) is 9.53 Å². The van der Waals surface area contributed by atoms with Crippen LogP contribution >= 0.6 is 11.8 Å². The molecule has 0 saturated carbocycles. The highest BCUT2D eigenvalue weighted by molar-refractivity contribution is 7.99. The molecule has 1 N–H and O–H groups in total. The molecule has 0 radical (unpaired) electrons. The van der Waals surface area contributed by atoms with Gasteiger partial charge in [0.15, 0.2) is 0 Å². The minimum atomic E-state index is -0.245. The maximum absolute atomic E-state index is 11.5. The van der Waals surface area contributed by atoms with E-state index in [-0.39, 0.29) is 12.0 Å². The van der Waals surface area contributed by atoms with Gasteiger partial charge in [0.1, 0.15) is 6.04 Å². The summed E-state index contributed by atoms with van der Waals surface area (Å²) in [7, 11) is 1.77. The minimum absolute atomic E-state index is 0.187. The van der Waals surface area contributed by atoms with Gasteiger partial charge < -0.3 is 10.1 Å². The Bertz CT molecular complexity index is 316. The standard InChI is InChI=1S/C12H17NO2S/c1-3-15-12(14)11(13-2)9-16-10-7-5-4-6-8-10/h4-8,11,13H,3,9H2,1-2H3. The molecular weight excluding hydrogens is 222 g/mol. The van der Waals surface area contributed by atoms with Crippen molar-refractivity contribution in [1.29, 1.82) is 0 Å². The van der Waals surface area contributed by atoms with Gasteiger partial charge in [0.25, 0.3) is 0 Å². The number of thioether (sulfide) groups is 1. The number of ether oxygens (including phenoxy) is 1. The summed E-state index contributed by atoms with van der Waals surface area (Å²) in [6.45, 7) is 2.24. The molecule has 3 nitrogen and oxygen atoms in total. The van der Waals surface area contributed by atoms with Crippen LogP contribution in [0.3, 0.4) is 0 Å². The normalized spacial score (nSPS) is 12.1. The first kappa shape index (κ1) is 13.1. The summed E-state index contributed by atoms with van der Waals surface area (Å²) in [5, 5.41) is 2.96. The predicted molar refractivity (Wildman–Crippen MR) is 66.6 cm³/mol. The second-order valence-corrected chi connectivity index (χ2v) is 4.31. The van der Waals surface area contributed by atoms with Crippen LogP contribution in [-0.4, -0.2) is 31.4 Å². The number of hydrogen-bond acceptors (Lipinski definition) is 4. The van der Waals surface area contributed by atoms with E-state index in [4.69, 9.17) is 4.74 Å². The fourth-order valence-electron chi connectivity index (χ4n) is 1.21. The van der Waals surface area contributed by atoms with E-state index >= 15 is 0 Å². The first-order chi connectivity index (χ1) is 7.77. The molecular formula is C12H17NO2S. The summed E-state index contributed by atoms with van der Waals surface area (Å²) in [5.74, 6) is 0.493. The monoisotopic (exact) mass is 239 g/mol. The zero-order valence-corrected chi connectivity index (χ0v) is 10.4. The topological polar surface area (TPSA) is 38.3 Å². The van der Waals surface area contributed by atoms with Gasteiger partial charge in [-0.05, 0) is 26.1 Å². The maximum Gasteiger partial charge on any atom is 0.323 e. The van der Waals surface area contributed by atoms with Crippen molar-refractivity contribution in [2.24, 2.45) is 0 Å². The highest BCUT2D eigenvalue weighted by Crippen LogP contribution is 2.18. The molecule has 0 aliphatic heterocycles. The molecule has 0 aliphatic carbocycles. The Balaban J connectivity index is 2.43. The highest BCUT2D eigenvalue weighted by atomic mass is 32.2. The lowest BCUT2D eigenvalue weighted by atomic mass is 10.3. The van der Waals surface area contributed by atoms with E-state index < -0.39 is 0 Å². The second kappa shape index (κ2) is 7.30. The quantitative estimate of drug-likeness (QED) is 0.608. The van der Waals surface area contributed by atoms with Gasteiger partial charge in [-0.1, -0.05) is 18.2 Å². The summed E-state index contributed by atoms with van der Waals surface area (Å²) in [6, 6.07) is 9.77. The van der Waals surface area contributed by atoms with Gasteiger partial charge in [0, 0.05) is 10.6 Å². The van der Waals surface area contributed by atoms with E-state index in [1.807, 2.05) is 37.3 Å². The number of carbonyl (C=O) groups excluding carboxylic acids is 1. The number of benzene rings is 1. The van der Waals surface area contributed by atoms with Crippen molar-refractivity contribution in [2.75, 3.05) is 19.4 Å². The lowest BCUT2D eigenvalue weighted by Crippen LogP contribution is -2.37. The second-order valence-electron chi connectivity index (χ2n) is 3.22. The van der Waals surface area contributed by atoms with Gasteiger partial charge in [-0.15, -0.1) is 11.8 Å². The molecule has 0 amide bonds. The molecule has 1 atom stereocenters. The van der Waals surface area contributed by atoms with Crippen molar-refractivity contribution in [3.63, 3.8) is 0 Å². The largest absolute Gasteiger partial charge is 0.465 e. The zero-order chi connectivity index (χ0) is 11.8. The molecule has 0 aliphatic rings. The van der Waals surface area contributed by atoms with Gasteiger partial charge in [-0.3, -0.25) is 4.79 Å². The number of hydrogen-bond donors (Lipinski definition) is 1. The molecule has 1 aromatic carbocycles. The van der Waals surface area contributed by atoms with Crippen LogP contribution in [0.5, 0.6) is 0 Å². The van der Waals surface area contributed by atoms with Crippen molar-refractivity contribution in [2.45, 2.75) is 17.9 Å². The highest BCUT2D eigenvalue weighted by Gasteiger charge is 2.17. The Morgan fingerprint density at radius 3 is 2.69 bits per heavy atom. The van der Waals surface area contributed by atoms with Crippen molar-refractivity contribution >= 4 is 17.7 Å². The maximum atomic E-state index is 11.5. The first-order valence-corrected chi connectivity index (χ1v) is 6.28. The first-order valence-electron chi connectivity index (χ1n) is 5.29. The summed E-state index contributed by atoms with van der Waals surface area (Å²) in [4.78, 5) is 12.7. The van der Waals surface area contributed by atoms with E-state index in [2.05, 4.69) is 5.32 Å². The summed E-state index contributed by atoms with van der Waals surface area (Å²) in [6.07, 6.45) is 0. The average Bonchev–Trinajstić information content (AvgIpc) is 2.31. The lowest BCUT2D eigenvalue weighted by molar-refractivity contribution is -0.144. The fourth-order valence-corrected chi connectivity index (χ4v) is 2.22. The van der Waals surface area contributed by atoms with Crippen molar-refractivity contribution in [1.82, 2.24) is 5.32 Å². The third-order valence-corrected chi connectivity index (χ3v) is 3.18. The van der Waals surface area contributed by atoms with Crippen LogP contribution in [0.25, 0.3) is 0 Å². The molecule has 0 bridgehead atoms. The molecule has 0 spiro atoms. The SMILES string of the molecule is CCOC(=O)C(CSc1ccccc1)NC. The van der Waals surface area contributed by atoms with Crippen LogP contribution in [0.15, 0.2) is 35.2 Å². The Kier molecular flexibility index (Phi) is 5.96. The molecule has 0 aromatic heterocycles. The number of esters is 1. The molecule has 4 heteroatoms.